The van der Waals surface area contributed by atoms with Crippen molar-refractivity contribution in [1.29, 1.82) is 0 Å². The molecule has 102 valence electrons. The molecule has 0 aromatic carbocycles. The first kappa shape index (κ1) is 12.6. The van der Waals surface area contributed by atoms with E-state index in [1.54, 1.807) is 11.4 Å². The number of hydrogen-bond donors (Lipinski definition) is 1. The van der Waals surface area contributed by atoms with Gasteiger partial charge in [0.1, 0.15) is 12.8 Å². The first-order valence-electron chi connectivity index (χ1n) is 5.53. The van der Waals surface area contributed by atoms with Gasteiger partial charge >= 0.3 is 5.97 Å². The van der Waals surface area contributed by atoms with Crippen LogP contribution >= 0.6 is 11.3 Å². The molecule has 0 amide bonds. The van der Waals surface area contributed by atoms with E-state index < -0.39 is 22.1 Å². The molecule has 1 saturated heterocycles. The zero-order chi connectivity index (χ0) is 13.8. The molecule has 1 aromatic heterocycles. The van der Waals surface area contributed by atoms with Crippen molar-refractivity contribution in [2.45, 2.75) is 12.5 Å². The summed E-state index contributed by atoms with van der Waals surface area (Å²) >= 11 is 1.46. The first-order valence-corrected chi connectivity index (χ1v) is 8.26. The number of carbonyl (C=O) groups is 1. The Morgan fingerprint density at radius 1 is 1.58 bits per heavy atom. The predicted octanol–water partition coefficient (Wildman–Crippen LogP) is 0.718. The number of aliphatic carboxylic acids is 1. The smallest absolute Gasteiger partial charge is 0.338 e. The van der Waals surface area contributed by atoms with Crippen molar-refractivity contribution in [2.24, 2.45) is 0 Å². The fourth-order valence-electron chi connectivity index (χ4n) is 2.43. The molecule has 1 aliphatic heterocycles. The third-order valence-corrected chi connectivity index (χ3v) is 5.27. The van der Waals surface area contributed by atoms with Crippen LogP contribution < -0.4 is 0 Å². The maximum Gasteiger partial charge on any atom is 0.338 e. The summed E-state index contributed by atoms with van der Waals surface area (Å²) in [6, 6.07) is 1.71. The van der Waals surface area contributed by atoms with E-state index >= 15 is 0 Å². The normalized spacial score (nSPS) is 22.4. The predicted molar refractivity (Wildman–Crippen MR) is 69.0 cm³/mol. The third kappa shape index (κ3) is 1.87. The van der Waals surface area contributed by atoms with Crippen molar-refractivity contribution in [1.82, 2.24) is 4.31 Å². The second kappa shape index (κ2) is 4.06. The van der Waals surface area contributed by atoms with Crippen molar-refractivity contribution >= 4 is 32.9 Å². The van der Waals surface area contributed by atoms with E-state index in [4.69, 9.17) is 4.74 Å². The molecule has 6 nitrogen and oxygen atoms in total. The van der Waals surface area contributed by atoms with Gasteiger partial charge in [-0.2, -0.15) is 0 Å². The van der Waals surface area contributed by atoms with Crippen molar-refractivity contribution in [3.05, 3.63) is 27.6 Å². The minimum Gasteiger partial charge on any atom is -0.478 e. The van der Waals surface area contributed by atoms with E-state index in [1.165, 1.54) is 11.3 Å². The topological polar surface area (TPSA) is 83.9 Å². The number of thiophene rings is 1. The second-order valence-corrected chi connectivity index (χ2v) is 7.33. The number of carboxylic acids is 1. The van der Waals surface area contributed by atoms with Crippen molar-refractivity contribution in [3.8, 4) is 0 Å². The monoisotopic (exact) mass is 301 g/mol. The average molecular weight is 301 g/mol. The van der Waals surface area contributed by atoms with Gasteiger partial charge in [0.25, 0.3) is 0 Å². The van der Waals surface area contributed by atoms with Gasteiger partial charge in [0.05, 0.1) is 17.5 Å². The third-order valence-electron chi connectivity index (χ3n) is 3.22. The molecule has 8 heteroatoms. The van der Waals surface area contributed by atoms with E-state index in [2.05, 4.69) is 0 Å². The summed E-state index contributed by atoms with van der Waals surface area (Å²) in [7, 11) is -3.53. The molecular formula is C11H11NO5S2. The van der Waals surface area contributed by atoms with Crippen LogP contribution in [0.15, 0.2) is 17.1 Å². The number of sulfonamides is 1. The Labute approximate surface area is 114 Å². The lowest BCUT2D eigenvalue weighted by molar-refractivity contribution is -0.130. The summed E-state index contributed by atoms with van der Waals surface area (Å²) < 4.78 is 29.9. The van der Waals surface area contributed by atoms with Gasteiger partial charge in [-0.1, -0.05) is 0 Å². The Balaban J connectivity index is 2.26. The number of fused-ring (bicyclic) bond motifs is 2. The minimum atomic E-state index is -3.53. The standard InChI is InChI=1S/C11H11NO5S2/c1-19(15,16)12-5-17-7-4-8-6(2-3-18-8)9(10(7)12)11(13)14/h2-3,7H,4-5H2,1H3,(H,13,14). The average Bonchev–Trinajstić information content (AvgIpc) is 2.88. The molecule has 19 heavy (non-hydrogen) atoms. The molecular weight excluding hydrogens is 290 g/mol. The van der Waals surface area contributed by atoms with Crippen LogP contribution in [0.3, 0.4) is 0 Å². The van der Waals surface area contributed by atoms with Crippen LogP contribution in [0.25, 0.3) is 5.57 Å². The Kier molecular flexibility index (Phi) is 2.70. The van der Waals surface area contributed by atoms with Gasteiger partial charge in [-0.25, -0.2) is 17.5 Å². The number of hydrogen-bond acceptors (Lipinski definition) is 5. The maximum absolute atomic E-state index is 11.7. The van der Waals surface area contributed by atoms with Crippen molar-refractivity contribution in [3.63, 3.8) is 0 Å². The highest BCUT2D eigenvalue weighted by Crippen LogP contribution is 2.41. The zero-order valence-electron chi connectivity index (χ0n) is 9.99. The Morgan fingerprint density at radius 3 is 2.95 bits per heavy atom. The lowest BCUT2D eigenvalue weighted by atomic mass is 9.93. The molecule has 0 saturated carbocycles. The van der Waals surface area contributed by atoms with Crippen LogP contribution in [0, 0.1) is 0 Å². The van der Waals surface area contributed by atoms with E-state index in [9.17, 15) is 18.3 Å². The highest BCUT2D eigenvalue weighted by atomic mass is 32.2. The molecule has 2 heterocycles. The molecule has 0 radical (unpaired) electrons. The summed E-state index contributed by atoms with van der Waals surface area (Å²) in [6.45, 7) is -0.120. The largest absolute Gasteiger partial charge is 0.478 e. The van der Waals surface area contributed by atoms with Crippen LogP contribution in [0.2, 0.25) is 0 Å². The second-order valence-electron chi connectivity index (χ2n) is 4.42. The highest BCUT2D eigenvalue weighted by molar-refractivity contribution is 7.88. The maximum atomic E-state index is 11.7. The number of ether oxygens (including phenoxy) is 1. The van der Waals surface area contributed by atoms with Crippen LogP contribution in [0.5, 0.6) is 0 Å². The van der Waals surface area contributed by atoms with Crippen LogP contribution in [-0.2, 0) is 26.0 Å². The molecule has 1 aromatic rings. The lowest BCUT2D eigenvalue weighted by Gasteiger charge is -2.24. The van der Waals surface area contributed by atoms with Crippen molar-refractivity contribution in [2.75, 3.05) is 13.0 Å². The molecule has 0 bridgehead atoms. The number of rotatable bonds is 2. The van der Waals surface area contributed by atoms with Crippen LogP contribution in [0.4, 0.5) is 0 Å². The van der Waals surface area contributed by atoms with Crippen LogP contribution in [0.1, 0.15) is 10.4 Å². The lowest BCUT2D eigenvalue weighted by Crippen LogP contribution is -2.31. The Hall–Kier alpha value is -1.38. The van der Waals surface area contributed by atoms with E-state index in [0.29, 0.717) is 12.0 Å². The fraction of sp³-hybridized carbons (Fsp3) is 0.364. The van der Waals surface area contributed by atoms with Gasteiger partial charge in [0.2, 0.25) is 10.0 Å². The van der Waals surface area contributed by atoms with Gasteiger partial charge in [0, 0.05) is 16.9 Å². The molecule has 1 atom stereocenters. The molecule has 1 fully saturated rings. The van der Waals surface area contributed by atoms with Gasteiger partial charge < -0.3 is 9.84 Å². The molecule has 0 spiro atoms. The van der Waals surface area contributed by atoms with E-state index in [0.717, 1.165) is 15.4 Å². The number of carboxylic acid groups (broad SMARTS) is 1. The number of nitrogens with zero attached hydrogens (tertiary/aromatic N) is 1. The Bertz CT molecular complexity index is 688. The van der Waals surface area contributed by atoms with Gasteiger partial charge in [0.15, 0.2) is 0 Å². The van der Waals surface area contributed by atoms with Crippen molar-refractivity contribution < 1.29 is 23.1 Å². The van der Waals surface area contributed by atoms with Gasteiger partial charge in [-0.15, -0.1) is 11.3 Å². The van der Waals surface area contributed by atoms with Gasteiger partial charge in [-0.3, -0.25) is 0 Å². The Morgan fingerprint density at radius 2 is 2.32 bits per heavy atom. The van der Waals surface area contributed by atoms with E-state index in [-0.39, 0.29) is 18.0 Å². The summed E-state index contributed by atoms with van der Waals surface area (Å²) in [5.41, 5.74) is 0.888. The fourth-order valence-corrected chi connectivity index (χ4v) is 4.17. The molecule has 2 aliphatic rings. The molecule has 1 N–H and O–H groups in total. The quantitative estimate of drug-likeness (QED) is 0.870. The van der Waals surface area contributed by atoms with Gasteiger partial charge in [-0.05, 0) is 11.4 Å². The summed E-state index contributed by atoms with van der Waals surface area (Å²) in [6.07, 6.45) is 1.08. The molecule has 1 aliphatic carbocycles. The summed E-state index contributed by atoms with van der Waals surface area (Å²) in [4.78, 5) is 12.4. The summed E-state index contributed by atoms with van der Waals surface area (Å²) in [5.74, 6) is -1.13. The molecule has 1 unspecified atom stereocenters. The SMILES string of the molecule is CS(=O)(=O)N1COC2Cc3sccc3C(C(=O)O)=C21. The first-order chi connectivity index (χ1) is 8.89. The van der Waals surface area contributed by atoms with Crippen LogP contribution in [-0.4, -0.2) is 42.9 Å². The highest BCUT2D eigenvalue weighted by Gasteiger charge is 2.42. The summed E-state index contributed by atoms with van der Waals surface area (Å²) in [5, 5.41) is 11.2. The minimum absolute atomic E-state index is 0.0374. The van der Waals surface area contributed by atoms with E-state index in [1.807, 2.05) is 0 Å². The molecule has 3 rings (SSSR count). The zero-order valence-corrected chi connectivity index (χ0v) is 11.6.